The standard InChI is InChI=1S/C19H15OP/c1-14-8-7-12-17-16-11-5-6-13-18(16)21(20,19(14)17)15-9-3-2-4-10-15/h2-13H,1H3/t21-/m1/s1. The molecule has 1 atom stereocenters. The summed E-state index contributed by atoms with van der Waals surface area (Å²) in [6.45, 7) is 2.06. The average Bonchev–Trinajstić information content (AvgIpc) is 2.81. The van der Waals surface area contributed by atoms with E-state index in [9.17, 15) is 4.57 Å². The Labute approximate surface area is 124 Å². The lowest BCUT2D eigenvalue weighted by Crippen LogP contribution is -2.22. The van der Waals surface area contributed by atoms with Crippen LogP contribution in [-0.4, -0.2) is 0 Å². The molecule has 3 aromatic carbocycles. The van der Waals surface area contributed by atoms with E-state index in [2.05, 4.69) is 25.1 Å². The fraction of sp³-hybridized carbons (Fsp3) is 0.0526. The first-order chi connectivity index (χ1) is 10.2. The number of aryl methyl sites for hydroxylation is 1. The highest BCUT2D eigenvalue weighted by Gasteiger charge is 2.40. The quantitative estimate of drug-likeness (QED) is 0.489. The van der Waals surface area contributed by atoms with Crippen molar-refractivity contribution in [1.82, 2.24) is 0 Å². The molecule has 0 aliphatic carbocycles. The van der Waals surface area contributed by atoms with Gasteiger partial charge in [0, 0.05) is 15.9 Å². The van der Waals surface area contributed by atoms with Gasteiger partial charge < -0.3 is 4.57 Å². The average molecular weight is 290 g/mol. The molecule has 4 rings (SSSR count). The second kappa shape index (κ2) is 4.44. The van der Waals surface area contributed by atoms with Crippen molar-refractivity contribution < 1.29 is 4.57 Å². The van der Waals surface area contributed by atoms with Gasteiger partial charge in [-0.3, -0.25) is 0 Å². The van der Waals surface area contributed by atoms with Gasteiger partial charge in [0.05, 0.1) is 0 Å². The molecule has 102 valence electrons. The summed E-state index contributed by atoms with van der Waals surface area (Å²) < 4.78 is 14.1. The van der Waals surface area contributed by atoms with E-state index in [1.807, 2.05) is 54.6 Å². The van der Waals surface area contributed by atoms with Crippen LogP contribution in [0.4, 0.5) is 0 Å². The van der Waals surface area contributed by atoms with Crippen molar-refractivity contribution >= 4 is 23.1 Å². The molecule has 1 aliphatic heterocycles. The third-order valence-electron chi connectivity index (χ3n) is 4.21. The Morgan fingerprint density at radius 1 is 0.714 bits per heavy atom. The Morgan fingerprint density at radius 3 is 2.19 bits per heavy atom. The molecule has 0 saturated carbocycles. The van der Waals surface area contributed by atoms with Crippen molar-refractivity contribution in [3.63, 3.8) is 0 Å². The molecule has 0 saturated heterocycles. The van der Waals surface area contributed by atoms with E-state index < -0.39 is 7.14 Å². The van der Waals surface area contributed by atoms with E-state index in [0.717, 1.165) is 32.6 Å². The van der Waals surface area contributed by atoms with Crippen LogP contribution in [-0.2, 0) is 4.57 Å². The zero-order valence-corrected chi connectivity index (χ0v) is 12.7. The first kappa shape index (κ1) is 12.6. The maximum Gasteiger partial charge on any atom is 0.172 e. The van der Waals surface area contributed by atoms with Gasteiger partial charge in [0.15, 0.2) is 7.14 Å². The highest BCUT2D eigenvalue weighted by molar-refractivity contribution is 7.86. The Kier molecular flexibility index (Phi) is 2.67. The Morgan fingerprint density at radius 2 is 1.38 bits per heavy atom. The molecule has 1 nitrogen and oxygen atoms in total. The number of rotatable bonds is 1. The zero-order valence-electron chi connectivity index (χ0n) is 11.8. The molecule has 1 heterocycles. The van der Waals surface area contributed by atoms with Crippen LogP contribution in [0, 0.1) is 6.92 Å². The second-order valence-electron chi connectivity index (χ2n) is 5.43. The maximum absolute atomic E-state index is 14.1. The van der Waals surface area contributed by atoms with E-state index >= 15 is 0 Å². The summed E-state index contributed by atoms with van der Waals surface area (Å²) in [5.74, 6) is 0. The summed E-state index contributed by atoms with van der Waals surface area (Å²) in [5, 5.41) is 2.91. The molecule has 0 bridgehead atoms. The molecule has 0 unspecified atom stereocenters. The lowest BCUT2D eigenvalue weighted by atomic mass is 10.0. The van der Waals surface area contributed by atoms with Gasteiger partial charge >= 0.3 is 0 Å². The van der Waals surface area contributed by atoms with Gasteiger partial charge in [-0.2, -0.15) is 0 Å². The number of benzene rings is 3. The largest absolute Gasteiger partial charge is 0.309 e. The van der Waals surface area contributed by atoms with Crippen LogP contribution in [0.3, 0.4) is 0 Å². The van der Waals surface area contributed by atoms with Crippen LogP contribution in [0.1, 0.15) is 5.56 Å². The summed E-state index contributed by atoms with van der Waals surface area (Å²) in [4.78, 5) is 0. The maximum atomic E-state index is 14.1. The lowest BCUT2D eigenvalue weighted by Gasteiger charge is -2.17. The number of hydrogen-bond donors (Lipinski definition) is 0. The number of fused-ring (bicyclic) bond motifs is 3. The molecule has 0 fully saturated rings. The first-order valence-corrected chi connectivity index (χ1v) is 8.79. The van der Waals surface area contributed by atoms with Crippen LogP contribution < -0.4 is 15.9 Å². The van der Waals surface area contributed by atoms with Crippen molar-refractivity contribution in [3.05, 3.63) is 78.4 Å². The molecule has 3 aromatic rings. The lowest BCUT2D eigenvalue weighted by molar-refractivity contribution is 0.593. The summed E-state index contributed by atoms with van der Waals surface area (Å²) >= 11 is 0. The topological polar surface area (TPSA) is 17.1 Å². The summed E-state index contributed by atoms with van der Waals surface area (Å²) in [7, 11) is -2.74. The normalized spacial score (nSPS) is 19.1. The van der Waals surface area contributed by atoms with Gasteiger partial charge in [0.1, 0.15) is 0 Å². The van der Waals surface area contributed by atoms with Gasteiger partial charge in [-0.15, -0.1) is 0 Å². The smallest absolute Gasteiger partial charge is 0.172 e. The Bertz CT molecular complexity index is 881. The van der Waals surface area contributed by atoms with Crippen LogP contribution in [0.25, 0.3) is 11.1 Å². The van der Waals surface area contributed by atoms with E-state index in [-0.39, 0.29) is 0 Å². The van der Waals surface area contributed by atoms with E-state index in [4.69, 9.17) is 0 Å². The summed E-state index contributed by atoms with van der Waals surface area (Å²) in [5.41, 5.74) is 3.34. The van der Waals surface area contributed by atoms with Crippen LogP contribution in [0.5, 0.6) is 0 Å². The van der Waals surface area contributed by atoms with Crippen molar-refractivity contribution in [1.29, 1.82) is 0 Å². The Hall–Kier alpha value is -2.11. The molecule has 1 aliphatic rings. The van der Waals surface area contributed by atoms with E-state index in [1.54, 1.807) is 0 Å². The van der Waals surface area contributed by atoms with Gasteiger partial charge in [0.2, 0.25) is 0 Å². The highest BCUT2D eigenvalue weighted by Crippen LogP contribution is 2.52. The Balaban J connectivity index is 2.16. The first-order valence-electron chi connectivity index (χ1n) is 7.09. The van der Waals surface area contributed by atoms with Crippen molar-refractivity contribution in [2.75, 3.05) is 0 Å². The number of hydrogen-bond acceptors (Lipinski definition) is 1. The van der Waals surface area contributed by atoms with Crippen LogP contribution in [0.2, 0.25) is 0 Å². The van der Waals surface area contributed by atoms with E-state index in [0.29, 0.717) is 0 Å². The predicted molar refractivity (Wildman–Crippen MR) is 89.6 cm³/mol. The SMILES string of the molecule is Cc1cccc2c1[P@@](=O)(c1ccccc1)c1ccccc1-2. The fourth-order valence-electron chi connectivity index (χ4n) is 3.30. The molecule has 0 amide bonds. The third kappa shape index (κ3) is 1.61. The van der Waals surface area contributed by atoms with Crippen molar-refractivity contribution in [3.8, 4) is 11.1 Å². The molecule has 2 heteroatoms. The van der Waals surface area contributed by atoms with Crippen LogP contribution in [0.15, 0.2) is 72.8 Å². The molecule has 0 aromatic heterocycles. The van der Waals surface area contributed by atoms with E-state index in [1.165, 1.54) is 0 Å². The summed E-state index contributed by atoms with van der Waals surface area (Å²) in [6, 6.07) is 24.2. The van der Waals surface area contributed by atoms with Crippen molar-refractivity contribution in [2.24, 2.45) is 0 Å². The highest BCUT2D eigenvalue weighted by atomic mass is 31.2. The minimum atomic E-state index is -2.74. The minimum Gasteiger partial charge on any atom is -0.309 e. The van der Waals surface area contributed by atoms with Gasteiger partial charge in [-0.05, 0) is 23.6 Å². The second-order valence-corrected chi connectivity index (χ2v) is 8.10. The zero-order chi connectivity index (χ0) is 14.4. The van der Waals surface area contributed by atoms with Gasteiger partial charge in [0.25, 0.3) is 0 Å². The van der Waals surface area contributed by atoms with Gasteiger partial charge in [-0.25, -0.2) is 0 Å². The molecular weight excluding hydrogens is 275 g/mol. The minimum absolute atomic E-state index is 0.922. The molecular formula is C19H15OP. The van der Waals surface area contributed by atoms with Crippen LogP contribution >= 0.6 is 7.14 Å². The molecule has 0 N–H and O–H groups in total. The van der Waals surface area contributed by atoms with Gasteiger partial charge in [-0.1, -0.05) is 72.8 Å². The third-order valence-corrected chi connectivity index (χ3v) is 7.52. The predicted octanol–water partition coefficient (Wildman–Crippen LogP) is 3.61. The fourth-order valence-corrected chi connectivity index (χ4v) is 6.60. The molecule has 0 radical (unpaired) electrons. The van der Waals surface area contributed by atoms with Crippen molar-refractivity contribution in [2.45, 2.75) is 6.92 Å². The monoisotopic (exact) mass is 290 g/mol. The molecule has 21 heavy (non-hydrogen) atoms. The summed E-state index contributed by atoms with van der Waals surface area (Å²) in [6.07, 6.45) is 0. The molecule has 0 spiro atoms.